The van der Waals surface area contributed by atoms with Gasteiger partial charge in [-0.25, -0.2) is 0 Å². The second-order valence-corrected chi connectivity index (χ2v) is 5.31. The van der Waals surface area contributed by atoms with Gasteiger partial charge in [-0.3, -0.25) is 14.5 Å². The number of benzene rings is 1. The molecule has 0 saturated heterocycles. The third-order valence-corrected chi connectivity index (χ3v) is 3.64. The van der Waals surface area contributed by atoms with Crippen LogP contribution in [0.25, 0.3) is 0 Å². The molecule has 4 heteroatoms. The van der Waals surface area contributed by atoms with Gasteiger partial charge in [0.05, 0.1) is 11.1 Å². The lowest BCUT2D eigenvalue weighted by molar-refractivity contribution is 0.0625. The Morgan fingerprint density at radius 2 is 1.88 bits per heavy atom. The number of carbonyl (C=O) groups excluding carboxylic acids is 2. The van der Waals surface area contributed by atoms with Crippen molar-refractivity contribution in [2.75, 3.05) is 12.3 Å². The van der Waals surface area contributed by atoms with Gasteiger partial charge in [0.1, 0.15) is 0 Å². The van der Waals surface area contributed by atoms with Crippen LogP contribution in [0, 0.1) is 5.41 Å². The molecule has 0 atom stereocenters. The molecule has 0 spiro atoms. The SMILES string of the molecule is CC1(CN2C(=O)c3ccc(N)cc3C2=O)CC1. The maximum atomic E-state index is 12.1. The average Bonchev–Trinajstić information content (AvgIpc) is 2.97. The first-order valence-corrected chi connectivity index (χ1v) is 5.76. The molecule has 1 aliphatic heterocycles. The predicted molar refractivity (Wildman–Crippen MR) is 63.6 cm³/mol. The van der Waals surface area contributed by atoms with Crippen LogP contribution in [0.15, 0.2) is 18.2 Å². The summed E-state index contributed by atoms with van der Waals surface area (Å²) in [5, 5.41) is 0. The van der Waals surface area contributed by atoms with Gasteiger partial charge < -0.3 is 5.73 Å². The molecule has 1 saturated carbocycles. The summed E-state index contributed by atoms with van der Waals surface area (Å²) in [4.78, 5) is 25.6. The Labute approximate surface area is 99.4 Å². The summed E-state index contributed by atoms with van der Waals surface area (Å²) in [6.07, 6.45) is 2.17. The molecule has 1 aromatic rings. The molecule has 3 rings (SSSR count). The highest BCUT2D eigenvalue weighted by Crippen LogP contribution is 2.46. The number of carbonyl (C=O) groups is 2. The van der Waals surface area contributed by atoms with E-state index in [1.807, 2.05) is 0 Å². The normalized spacial score (nSPS) is 20.6. The third-order valence-electron chi connectivity index (χ3n) is 3.64. The number of rotatable bonds is 2. The summed E-state index contributed by atoms with van der Waals surface area (Å²) in [5.74, 6) is -0.386. The summed E-state index contributed by atoms with van der Waals surface area (Å²) in [6, 6.07) is 4.89. The van der Waals surface area contributed by atoms with Gasteiger partial charge >= 0.3 is 0 Å². The number of fused-ring (bicyclic) bond motifs is 1. The van der Waals surface area contributed by atoms with Crippen molar-refractivity contribution < 1.29 is 9.59 Å². The predicted octanol–water partition coefficient (Wildman–Crippen LogP) is 1.66. The zero-order valence-corrected chi connectivity index (χ0v) is 9.69. The van der Waals surface area contributed by atoms with Crippen molar-refractivity contribution in [3.63, 3.8) is 0 Å². The molecule has 0 bridgehead atoms. The fourth-order valence-electron chi connectivity index (χ4n) is 2.21. The molecule has 1 aliphatic carbocycles. The van der Waals surface area contributed by atoms with Crippen LogP contribution in [0.2, 0.25) is 0 Å². The molecule has 0 aromatic heterocycles. The first-order chi connectivity index (χ1) is 8.00. The zero-order chi connectivity index (χ0) is 12.2. The van der Waals surface area contributed by atoms with Crippen molar-refractivity contribution in [2.24, 2.45) is 5.41 Å². The summed E-state index contributed by atoms with van der Waals surface area (Å²) in [7, 11) is 0. The number of nitrogen functional groups attached to an aromatic ring is 1. The van der Waals surface area contributed by atoms with Crippen LogP contribution in [0.3, 0.4) is 0 Å². The number of amides is 2. The number of nitrogens with two attached hydrogens (primary N) is 1. The van der Waals surface area contributed by atoms with Crippen LogP contribution in [0.4, 0.5) is 5.69 Å². The zero-order valence-electron chi connectivity index (χ0n) is 9.69. The van der Waals surface area contributed by atoms with E-state index in [4.69, 9.17) is 5.73 Å². The highest BCUT2D eigenvalue weighted by atomic mass is 16.2. The van der Waals surface area contributed by atoms with Crippen LogP contribution in [-0.2, 0) is 0 Å². The number of nitrogens with zero attached hydrogens (tertiary/aromatic N) is 1. The highest BCUT2D eigenvalue weighted by molar-refractivity contribution is 6.21. The largest absolute Gasteiger partial charge is 0.399 e. The van der Waals surface area contributed by atoms with E-state index in [-0.39, 0.29) is 17.2 Å². The maximum absolute atomic E-state index is 12.1. The van der Waals surface area contributed by atoms with E-state index in [9.17, 15) is 9.59 Å². The first kappa shape index (κ1) is 10.3. The highest BCUT2D eigenvalue weighted by Gasteiger charge is 2.45. The maximum Gasteiger partial charge on any atom is 0.261 e. The molecule has 1 aromatic carbocycles. The van der Waals surface area contributed by atoms with Crippen LogP contribution in [-0.4, -0.2) is 23.3 Å². The van der Waals surface area contributed by atoms with E-state index in [2.05, 4.69) is 6.92 Å². The van der Waals surface area contributed by atoms with Gasteiger partial charge in [0, 0.05) is 12.2 Å². The van der Waals surface area contributed by atoms with E-state index in [1.54, 1.807) is 18.2 Å². The Morgan fingerprint density at radius 1 is 1.24 bits per heavy atom. The Bertz CT molecular complexity index is 532. The topological polar surface area (TPSA) is 63.4 Å². The van der Waals surface area contributed by atoms with E-state index in [0.717, 1.165) is 12.8 Å². The van der Waals surface area contributed by atoms with Crippen molar-refractivity contribution in [1.29, 1.82) is 0 Å². The monoisotopic (exact) mass is 230 g/mol. The molecule has 0 radical (unpaired) electrons. The lowest BCUT2D eigenvalue weighted by atomic mass is 10.1. The lowest BCUT2D eigenvalue weighted by Crippen LogP contribution is -2.34. The van der Waals surface area contributed by atoms with Gasteiger partial charge in [0.25, 0.3) is 11.8 Å². The molecule has 4 nitrogen and oxygen atoms in total. The van der Waals surface area contributed by atoms with E-state index < -0.39 is 0 Å². The van der Waals surface area contributed by atoms with E-state index in [0.29, 0.717) is 23.4 Å². The van der Waals surface area contributed by atoms with Crippen molar-refractivity contribution in [3.8, 4) is 0 Å². The Hall–Kier alpha value is -1.84. The summed E-state index contributed by atoms with van der Waals surface area (Å²) in [5.41, 5.74) is 7.22. The van der Waals surface area contributed by atoms with Gasteiger partial charge in [-0.2, -0.15) is 0 Å². The molecule has 17 heavy (non-hydrogen) atoms. The first-order valence-electron chi connectivity index (χ1n) is 5.76. The van der Waals surface area contributed by atoms with Crippen LogP contribution in [0.1, 0.15) is 40.5 Å². The standard InChI is InChI=1S/C13H14N2O2/c1-13(4-5-13)7-15-11(16)9-3-2-8(14)6-10(9)12(15)17/h2-3,6H,4-5,7,14H2,1H3. The molecule has 1 fully saturated rings. The molecule has 2 N–H and O–H groups in total. The molecule has 88 valence electrons. The van der Waals surface area contributed by atoms with E-state index >= 15 is 0 Å². The van der Waals surface area contributed by atoms with Crippen molar-refractivity contribution >= 4 is 17.5 Å². The molecule has 0 unspecified atom stereocenters. The van der Waals surface area contributed by atoms with Crippen molar-refractivity contribution in [1.82, 2.24) is 4.90 Å². The van der Waals surface area contributed by atoms with Crippen molar-refractivity contribution in [2.45, 2.75) is 19.8 Å². The minimum atomic E-state index is -0.203. The van der Waals surface area contributed by atoms with Crippen LogP contribution < -0.4 is 5.73 Å². The third kappa shape index (κ3) is 1.52. The van der Waals surface area contributed by atoms with Gasteiger partial charge in [-0.15, -0.1) is 0 Å². The molecule has 2 aliphatic rings. The second-order valence-electron chi connectivity index (χ2n) is 5.31. The van der Waals surface area contributed by atoms with Gasteiger partial charge in [0.2, 0.25) is 0 Å². The van der Waals surface area contributed by atoms with Crippen LogP contribution in [0.5, 0.6) is 0 Å². The smallest absolute Gasteiger partial charge is 0.261 e. The van der Waals surface area contributed by atoms with Gasteiger partial charge in [-0.05, 0) is 36.5 Å². The van der Waals surface area contributed by atoms with Gasteiger partial charge in [0.15, 0.2) is 0 Å². The molecular weight excluding hydrogens is 216 g/mol. The average molecular weight is 230 g/mol. The number of imide groups is 1. The number of hydrogen-bond acceptors (Lipinski definition) is 3. The molecule has 2 amide bonds. The molecular formula is C13H14N2O2. The lowest BCUT2D eigenvalue weighted by Gasteiger charge is -2.18. The van der Waals surface area contributed by atoms with Crippen LogP contribution >= 0.6 is 0 Å². The van der Waals surface area contributed by atoms with E-state index in [1.165, 1.54) is 4.90 Å². The Balaban J connectivity index is 1.96. The number of hydrogen-bond donors (Lipinski definition) is 1. The number of anilines is 1. The van der Waals surface area contributed by atoms with Gasteiger partial charge in [-0.1, -0.05) is 6.92 Å². The fraction of sp³-hybridized carbons (Fsp3) is 0.385. The fourth-order valence-corrected chi connectivity index (χ4v) is 2.21. The molecule has 1 heterocycles. The quantitative estimate of drug-likeness (QED) is 0.621. The van der Waals surface area contributed by atoms with Crippen molar-refractivity contribution in [3.05, 3.63) is 29.3 Å². The summed E-state index contributed by atoms with van der Waals surface area (Å²) < 4.78 is 0. The summed E-state index contributed by atoms with van der Waals surface area (Å²) in [6.45, 7) is 2.63. The second kappa shape index (κ2) is 3.09. The minimum absolute atomic E-state index is 0.138. The minimum Gasteiger partial charge on any atom is -0.399 e. The Kier molecular flexibility index (Phi) is 1.88. The summed E-state index contributed by atoms with van der Waals surface area (Å²) >= 11 is 0. The Morgan fingerprint density at radius 3 is 2.53 bits per heavy atom.